The number of fused-ring (bicyclic) bond motifs is 1. The normalized spacial score (nSPS) is 38.5. The van der Waals surface area contributed by atoms with Gasteiger partial charge in [-0.1, -0.05) is 50.3 Å². The van der Waals surface area contributed by atoms with Crippen molar-refractivity contribution in [3.05, 3.63) is 65.3 Å². The minimum absolute atomic E-state index is 0.00996. The van der Waals surface area contributed by atoms with Crippen molar-refractivity contribution in [2.24, 2.45) is 23.2 Å². The SMILES string of the molecule is C=C1/C(=C\C=C2/CCC[C@@]3(C)C2CC[C@@H]3[C@H](C)C[C@@H]2C[C@](C)(O)C(=O)N2Cc2ccc(OC)cc2)C[C@@H](O)C[C@@H]1O. The molecular weight excluding hydrogens is 514 g/mol. The molecule has 8 atom stereocenters. The Hall–Kier alpha value is -2.41. The highest BCUT2D eigenvalue weighted by Crippen LogP contribution is 2.60. The maximum absolute atomic E-state index is 13.3. The fraction of sp³-hybridized carbons (Fsp3) is 0.629. The van der Waals surface area contributed by atoms with Crippen LogP contribution in [0.3, 0.4) is 0 Å². The first kappa shape index (κ1) is 30.1. The number of aliphatic hydroxyl groups is 3. The predicted molar refractivity (Wildman–Crippen MR) is 161 cm³/mol. The summed E-state index contributed by atoms with van der Waals surface area (Å²) in [7, 11) is 1.65. The lowest BCUT2D eigenvalue weighted by molar-refractivity contribution is -0.142. The summed E-state index contributed by atoms with van der Waals surface area (Å²) < 4.78 is 5.29. The Labute approximate surface area is 245 Å². The van der Waals surface area contributed by atoms with E-state index < -0.39 is 17.8 Å². The van der Waals surface area contributed by atoms with E-state index in [9.17, 15) is 20.1 Å². The summed E-state index contributed by atoms with van der Waals surface area (Å²) in [5, 5.41) is 31.4. The van der Waals surface area contributed by atoms with Gasteiger partial charge in [0.05, 0.1) is 19.3 Å². The number of likely N-dealkylation sites (tertiary alicyclic amines) is 1. The van der Waals surface area contributed by atoms with E-state index in [0.29, 0.717) is 43.6 Å². The van der Waals surface area contributed by atoms with Crippen molar-refractivity contribution in [1.29, 1.82) is 0 Å². The Morgan fingerprint density at radius 2 is 1.90 bits per heavy atom. The first-order chi connectivity index (χ1) is 19.4. The molecule has 1 saturated heterocycles. The smallest absolute Gasteiger partial charge is 0.254 e. The van der Waals surface area contributed by atoms with Crippen molar-refractivity contribution in [3.63, 3.8) is 0 Å². The van der Waals surface area contributed by atoms with Crippen LogP contribution >= 0.6 is 0 Å². The van der Waals surface area contributed by atoms with Crippen LogP contribution in [-0.2, 0) is 11.3 Å². The fourth-order valence-electron chi connectivity index (χ4n) is 8.74. The molecule has 5 rings (SSSR count). The van der Waals surface area contributed by atoms with Crippen LogP contribution in [-0.4, -0.2) is 57.1 Å². The third-order valence-electron chi connectivity index (χ3n) is 10.9. The van der Waals surface area contributed by atoms with E-state index in [1.54, 1.807) is 14.0 Å². The number of methoxy groups -OCH3 is 1. The van der Waals surface area contributed by atoms with Gasteiger partial charge in [-0.25, -0.2) is 0 Å². The van der Waals surface area contributed by atoms with Crippen LogP contribution < -0.4 is 4.74 Å². The van der Waals surface area contributed by atoms with E-state index in [1.165, 1.54) is 24.8 Å². The Balaban J connectivity index is 1.30. The summed E-state index contributed by atoms with van der Waals surface area (Å²) in [4.78, 5) is 15.2. The predicted octanol–water partition coefficient (Wildman–Crippen LogP) is 5.71. The molecule has 6 heteroatoms. The Morgan fingerprint density at radius 3 is 2.61 bits per heavy atom. The summed E-state index contributed by atoms with van der Waals surface area (Å²) in [6.45, 7) is 11.1. The van der Waals surface area contributed by atoms with Gasteiger partial charge in [0.25, 0.3) is 5.91 Å². The van der Waals surface area contributed by atoms with Crippen molar-refractivity contribution in [3.8, 4) is 5.75 Å². The number of aliphatic hydroxyl groups excluding tert-OH is 2. The molecule has 1 unspecified atom stereocenters. The van der Waals surface area contributed by atoms with Gasteiger partial charge >= 0.3 is 0 Å². The summed E-state index contributed by atoms with van der Waals surface area (Å²) in [6, 6.07) is 7.85. The number of ether oxygens (including phenoxy) is 1. The zero-order chi connectivity index (χ0) is 29.5. The highest BCUT2D eigenvalue weighted by Gasteiger charge is 2.53. The van der Waals surface area contributed by atoms with E-state index in [1.807, 2.05) is 29.2 Å². The van der Waals surface area contributed by atoms with E-state index >= 15 is 0 Å². The van der Waals surface area contributed by atoms with E-state index in [0.717, 1.165) is 41.7 Å². The van der Waals surface area contributed by atoms with Gasteiger partial charge in [0, 0.05) is 25.4 Å². The molecule has 41 heavy (non-hydrogen) atoms. The maximum atomic E-state index is 13.3. The molecule has 3 aliphatic carbocycles. The Kier molecular flexibility index (Phi) is 8.58. The minimum Gasteiger partial charge on any atom is -0.497 e. The van der Waals surface area contributed by atoms with Crippen molar-refractivity contribution >= 4 is 5.91 Å². The molecule has 0 aromatic heterocycles. The molecule has 0 spiro atoms. The molecule has 1 amide bonds. The number of carbonyl (C=O) groups excluding carboxylic acids is 1. The highest BCUT2D eigenvalue weighted by atomic mass is 16.5. The Morgan fingerprint density at radius 1 is 1.17 bits per heavy atom. The molecule has 3 N–H and O–H groups in total. The topological polar surface area (TPSA) is 90.2 Å². The van der Waals surface area contributed by atoms with Crippen LogP contribution in [0.1, 0.15) is 84.1 Å². The summed E-state index contributed by atoms with van der Waals surface area (Å²) >= 11 is 0. The lowest BCUT2D eigenvalue weighted by Gasteiger charge is -2.45. The van der Waals surface area contributed by atoms with Crippen LogP contribution in [0.15, 0.2) is 59.7 Å². The standard InChI is InChI=1S/C35H49NO5/c1-22(17-27-20-35(4,40)33(39)36(27)21-24-8-12-29(41-5)13-9-24)30-14-15-31-25(7-6-16-34(30,31)3)10-11-26-18-28(37)19-32(38)23(26)2/h8-13,22,27-28,30-32,37-38,40H,2,6-7,14-21H2,1,3-5H3/b25-10+,26-11-/t22-,27-,28-,30-,31?,32+,34-,35+/m1/s1. The molecule has 3 saturated carbocycles. The molecule has 0 radical (unpaired) electrons. The third kappa shape index (κ3) is 5.93. The summed E-state index contributed by atoms with van der Waals surface area (Å²) in [5.74, 6) is 2.13. The molecule has 1 heterocycles. The molecule has 1 aromatic carbocycles. The second kappa shape index (κ2) is 11.7. The number of hydrogen-bond donors (Lipinski definition) is 3. The molecule has 1 aromatic rings. The van der Waals surface area contributed by atoms with Gasteiger partial charge < -0.3 is 25.0 Å². The van der Waals surface area contributed by atoms with Crippen molar-refractivity contribution in [2.45, 2.75) is 109 Å². The number of hydrogen-bond acceptors (Lipinski definition) is 5. The van der Waals surface area contributed by atoms with Crippen LogP contribution in [0.4, 0.5) is 0 Å². The maximum Gasteiger partial charge on any atom is 0.254 e. The van der Waals surface area contributed by atoms with Gasteiger partial charge in [-0.2, -0.15) is 0 Å². The highest BCUT2D eigenvalue weighted by molar-refractivity contribution is 5.87. The molecule has 0 bridgehead atoms. The largest absolute Gasteiger partial charge is 0.497 e. The van der Waals surface area contributed by atoms with Gasteiger partial charge in [0.15, 0.2) is 0 Å². The zero-order valence-corrected chi connectivity index (χ0v) is 25.3. The number of allylic oxidation sites excluding steroid dienone is 3. The van der Waals surface area contributed by atoms with Crippen LogP contribution in [0.5, 0.6) is 5.75 Å². The summed E-state index contributed by atoms with van der Waals surface area (Å²) in [5.41, 5.74) is 3.12. The van der Waals surface area contributed by atoms with Gasteiger partial charge in [0.1, 0.15) is 11.4 Å². The van der Waals surface area contributed by atoms with Gasteiger partial charge in [-0.3, -0.25) is 4.79 Å². The minimum atomic E-state index is -1.32. The third-order valence-corrected chi connectivity index (χ3v) is 10.9. The molecule has 4 aliphatic rings. The number of amides is 1. The lowest BCUT2D eigenvalue weighted by atomic mass is 9.60. The molecule has 6 nitrogen and oxygen atoms in total. The number of carbonyl (C=O) groups is 1. The quantitative estimate of drug-likeness (QED) is 0.395. The van der Waals surface area contributed by atoms with Gasteiger partial charge in [-0.15, -0.1) is 0 Å². The molecule has 1 aliphatic heterocycles. The van der Waals surface area contributed by atoms with Crippen LogP contribution in [0.25, 0.3) is 0 Å². The molecular formula is C35H49NO5. The molecule has 224 valence electrons. The zero-order valence-electron chi connectivity index (χ0n) is 25.3. The summed E-state index contributed by atoms with van der Waals surface area (Å²) in [6.07, 6.45) is 11.3. The number of benzene rings is 1. The monoisotopic (exact) mass is 563 g/mol. The fourth-order valence-corrected chi connectivity index (χ4v) is 8.74. The average Bonchev–Trinajstić information content (AvgIpc) is 3.39. The van der Waals surface area contributed by atoms with E-state index in [2.05, 4.69) is 32.6 Å². The van der Waals surface area contributed by atoms with Crippen LogP contribution in [0.2, 0.25) is 0 Å². The van der Waals surface area contributed by atoms with E-state index in [4.69, 9.17) is 4.74 Å². The first-order valence-electron chi connectivity index (χ1n) is 15.5. The van der Waals surface area contributed by atoms with E-state index in [-0.39, 0.29) is 17.4 Å². The van der Waals surface area contributed by atoms with Crippen molar-refractivity contribution < 1.29 is 24.9 Å². The van der Waals surface area contributed by atoms with Crippen LogP contribution in [0, 0.1) is 23.2 Å². The second-order valence-electron chi connectivity index (χ2n) is 13.8. The average molecular weight is 564 g/mol. The Bertz CT molecular complexity index is 1200. The van der Waals surface area contributed by atoms with Crippen molar-refractivity contribution in [1.82, 2.24) is 4.90 Å². The van der Waals surface area contributed by atoms with Gasteiger partial charge in [0.2, 0.25) is 0 Å². The number of rotatable bonds is 7. The van der Waals surface area contributed by atoms with Crippen molar-refractivity contribution in [2.75, 3.05) is 7.11 Å². The second-order valence-corrected chi connectivity index (χ2v) is 13.8. The van der Waals surface area contributed by atoms with Gasteiger partial charge in [-0.05, 0) is 104 Å². The number of nitrogens with zero attached hydrogens (tertiary/aromatic N) is 1. The lowest BCUT2D eigenvalue weighted by Crippen LogP contribution is -2.40. The molecule has 4 fully saturated rings. The first-order valence-corrected chi connectivity index (χ1v) is 15.5.